The highest BCUT2D eigenvalue weighted by Gasteiger charge is 2.25. The van der Waals surface area contributed by atoms with Crippen LogP contribution >= 0.6 is 0 Å². The van der Waals surface area contributed by atoms with Crippen LogP contribution in [0.2, 0.25) is 0 Å². The maximum atomic E-state index is 13.2. The Labute approximate surface area is 107 Å². The Morgan fingerprint density at radius 2 is 1.67 bits per heavy atom. The Bertz CT molecular complexity index is 525. The molecule has 0 saturated heterocycles. The molecular formula is C13H18FNO2S. The lowest BCUT2D eigenvalue weighted by atomic mass is 10.1. The van der Waals surface area contributed by atoms with Crippen LogP contribution in [0, 0.1) is 19.7 Å². The van der Waals surface area contributed by atoms with Gasteiger partial charge in [-0.25, -0.2) is 17.5 Å². The first kappa shape index (κ1) is 13.5. The fourth-order valence-corrected chi connectivity index (χ4v) is 4.40. The molecule has 1 aliphatic carbocycles. The summed E-state index contributed by atoms with van der Waals surface area (Å²) in [6, 6.07) is 2.55. The molecule has 0 aliphatic heterocycles. The lowest BCUT2D eigenvalue weighted by Gasteiger charge is -2.16. The van der Waals surface area contributed by atoms with Gasteiger partial charge in [-0.05, 0) is 49.9 Å². The topological polar surface area (TPSA) is 46.2 Å². The van der Waals surface area contributed by atoms with E-state index in [2.05, 4.69) is 4.72 Å². The largest absolute Gasteiger partial charge is 0.241 e. The van der Waals surface area contributed by atoms with Gasteiger partial charge in [0, 0.05) is 6.04 Å². The predicted molar refractivity (Wildman–Crippen MR) is 68.5 cm³/mol. The molecule has 18 heavy (non-hydrogen) atoms. The highest BCUT2D eigenvalue weighted by atomic mass is 32.2. The van der Waals surface area contributed by atoms with Gasteiger partial charge in [-0.3, -0.25) is 0 Å². The summed E-state index contributed by atoms with van der Waals surface area (Å²) in [4.78, 5) is 0.218. The zero-order chi connectivity index (χ0) is 13.3. The molecule has 5 heteroatoms. The van der Waals surface area contributed by atoms with Crippen molar-refractivity contribution in [3.05, 3.63) is 29.1 Å². The highest BCUT2D eigenvalue weighted by molar-refractivity contribution is 7.89. The number of hydrogen-bond donors (Lipinski definition) is 1. The van der Waals surface area contributed by atoms with Crippen molar-refractivity contribution >= 4 is 10.0 Å². The minimum absolute atomic E-state index is 0.0267. The zero-order valence-corrected chi connectivity index (χ0v) is 11.5. The minimum atomic E-state index is -3.54. The van der Waals surface area contributed by atoms with Gasteiger partial charge in [0.25, 0.3) is 0 Å². The van der Waals surface area contributed by atoms with Crippen molar-refractivity contribution in [3.8, 4) is 0 Å². The molecule has 0 bridgehead atoms. The molecule has 2 rings (SSSR count). The van der Waals surface area contributed by atoms with E-state index in [0.29, 0.717) is 11.1 Å². The number of rotatable bonds is 3. The number of hydrogen-bond acceptors (Lipinski definition) is 2. The van der Waals surface area contributed by atoms with Crippen LogP contribution < -0.4 is 4.72 Å². The molecule has 1 fully saturated rings. The minimum Gasteiger partial charge on any atom is -0.208 e. The molecule has 0 unspecified atom stereocenters. The van der Waals surface area contributed by atoms with Crippen molar-refractivity contribution in [2.45, 2.75) is 50.5 Å². The van der Waals surface area contributed by atoms with E-state index >= 15 is 0 Å². The maximum Gasteiger partial charge on any atom is 0.241 e. The predicted octanol–water partition coefficient (Wildman–Crippen LogP) is 2.66. The number of halogens is 1. The Hall–Kier alpha value is -0.940. The fourth-order valence-electron chi connectivity index (χ4n) is 2.64. The first-order valence-corrected chi connectivity index (χ1v) is 7.67. The standard InChI is InChI=1S/C13H18FNO2S/c1-9-7-11(14)8-10(2)13(9)18(16,17)15-12-5-3-4-6-12/h7-8,12,15H,3-6H2,1-2H3. The molecular weight excluding hydrogens is 253 g/mol. The molecule has 0 amide bonds. The van der Waals surface area contributed by atoms with Gasteiger partial charge in [-0.1, -0.05) is 12.8 Å². The molecule has 0 atom stereocenters. The first-order chi connectivity index (χ1) is 8.40. The van der Waals surface area contributed by atoms with Gasteiger partial charge in [0.2, 0.25) is 10.0 Å². The number of benzene rings is 1. The molecule has 1 N–H and O–H groups in total. The van der Waals surface area contributed by atoms with Crippen molar-refractivity contribution in [1.82, 2.24) is 4.72 Å². The van der Waals surface area contributed by atoms with Crippen molar-refractivity contribution in [2.75, 3.05) is 0 Å². The van der Waals surface area contributed by atoms with Crippen molar-refractivity contribution in [3.63, 3.8) is 0 Å². The van der Waals surface area contributed by atoms with E-state index in [1.54, 1.807) is 13.8 Å². The van der Waals surface area contributed by atoms with Crippen molar-refractivity contribution in [1.29, 1.82) is 0 Å². The maximum absolute atomic E-state index is 13.2. The Morgan fingerprint density at radius 1 is 1.17 bits per heavy atom. The van der Waals surface area contributed by atoms with E-state index in [9.17, 15) is 12.8 Å². The molecule has 1 aromatic carbocycles. The van der Waals surface area contributed by atoms with Gasteiger partial charge in [-0.15, -0.1) is 0 Å². The molecule has 1 aliphatic rings. The third kappa shape index (κ3) is 2.72. The van der Waals surface area contributed by atoms with E-state index in [1.807, 2.05) is 0 Å². The van der Waals surface area contributed by atoms with Gasteiger partial charge in [0.05, 0.1) is 4.90 Å². The van der Waals surface area contributed by atoms with Gasteiger partial charge in [-0.2, -0.15) is 0 Å². The summed E-state index contributed by atoms with van der Waals surface area (Å²) in [6.45, 7) is 3.25. The summed E-state index contributed by atoms with van der Waals surface area (Å²) in [5.74, 6) is -0.398. The summed E-state index contributed by atoms with van der Waals surface area (Å²) in [5, 5.41) is 0. The average Bonchev–Trinajstić information content (AvgIpc) is 2.66. The van der Waals surface area contributed by atoms with Gasteiger partial charge >= 0.3 is 0 Å². The van der Waals surface area contributed by atoms with Crippen LogP contribution in [0.5, 0.6) is 0 Å². The molecule has 1 aromatic rings. The molecule has 0 spiro atoms. The Morgan fingerprint density at radius 3 is 2.17 bits per heavy atom. The van der Waals surface area contributed by atoms with E-state index < -0.39 is 15.8 Å². The SMILES string of the molecule is Cc1cc(F)cc(C)c1S(=O)(=O)NC1CCCC1. The van der Waals surface area contributed by atoms with E-state index in [4.69, 9.17) is 0 Å². The molecule has 1 saturated carbocycles. The lowest BCUT2D eigenvalue weighted by molar-refractivity contribution is 0.550. The van der Waals surface area contributed by atoms with Crippen LogP contribution in [0.25, 0.3) is 0 Å². The van der Waals surface area contributed by atoms with Gasteiger partial charge < -0.3 is 0 Å². The fraction of sp³-hybridized carbons (Fsp3) is 0.538. The molecule has 0 radical (unpaired) electrons. The second-order valence-electron chi connectivity index (χ2n) is 4.97. The summed E-state index contributed by atoms with van der Waals surface area (Å²) >= 11 is 0. The smallest absolute Gasteiger partial charge is 0.208 e. The molecule has 0 heterocycles. The third-order valence-corrected chi connectivity index (χ3v) is 5.20. The van der Waals surface area contributed by atoms with E-state index in [0.717, 1.165) is 25.7 Å². The molecule has 0 aromatic heterocycles. The van der Waals surface area contributed by atoms with E-state index in [1.165, 1.54) is 12.1 Å². The Kier molecular flexibility index (Phi) is 3.73. The summed E-state index contributed by atoms with van der Waals surface area (Å²) < 4.78 is 40.5. The summed E-state index contributed by atoms with van der Waals surface area (Å²) in [5.41, 5.74) is 0.913. The zero-order valence-electron chi connectivity index (χ0n) is 10.7. The molecule has 100 valence electrons. The third-order valence-electron chi connectivity index (χ3n) is 3.37. The second kappa shape index (κ2) is 4.97. The van der Waals surface area contributed by atoms with Crippen molar-refractivity contribution < 1.29 is 12.8 Å². The lowest BCUT2D eigenvalue weighted by Crippen LogP contribution is -2.33. The summed E-state index contributed by atoms with van der Waals surface area (Å²) in [7, 11) is -3.54. The van der Waals surface area contributed by atoms with E-state index in [-0.39, 0.29) is 10.9 Å². The normalized spacial score (nSPS) is 17.3. The van der Waals surface area contributed by atoms with Crippen LogP contribution in [-0.2, 0) is 10.0 Å². The second-order valence-corrected chi connectivity index (χ2v) is 6.62. The average molecular weight is 271 g/mol. The monoisotopic (exact) mass is 271 g/mol. The summed E-state index contributed by atoms with van der Waals surface area (Å²) in [6.07, 6.45) is 3.90. The number of sulfonamides is 1. The van der Waals surface area contributed by atoms with Crippen LogP contribution in [0.15, 0.2) is 17.0 Å². The molecule has 3 nitrogen and oxygen atoms in total. The number of aryl methyl sites for hydroxylation is 2. The Balaban J connectivity index is 2.34. The first-order valence-electron chi connectivity index (χ1n) is 6.19. The number of nitrogens with one attached hydrogen (secondary N) is 1. The van der Waals surface area contributed by atoms with Crippen LogP contribution in [0.1, 0.15) is 36.8 Å². The van der Waals surface area contributed by atoms with Crippen LogP contribution in [-0.4, -0.2) is 14.5 Å². The van der Waals surface area contributed by atoms with Gasteiger partial charge in [0.15, 0.2) is 0 Å². The highest BCUT2D eigenvalue weighted by Crippen LogP contribution is 2.24. The van der Waals surface area contributed by atoms with Gasteiger partial charge in [0.1, 0.15) is 5.82 Å². The van der Waals surface area contributed by atoms with Crippen LogP contribution in [0.3, 0.4) is 0 Å². The van der Waals surface area contributed by atoms with Crippen molar-refractivity contribution in [2.24, 2.45) is 0 Å². The quantitative estimate of drug-likeness (QED) is 0.918. The van der Waals surface area contributed by atoms with Crippen LogP contribution in [0.4, 0.5) is 4.39 Å².